The van der Waals surface area contributed by atoms with Gasteiger partial charge in [0.15, 0.2) is 0 Å². The summed E-state index contributed by atoms with van der Waals surface area (Å²) in [5.74, 6) is -3.89. The highest BCUT2D eigenvalue weighted by Crippen LogP contribution is 2.50. The average molecular weight is 267 g/mol. The Morgan fingerprint density at radius 2 is 2.16 bits per heavy atom. The molecule has 1 amide bonds. The van der Waals surface area contributed by atoms with Gasteiger partial charge in [-0.05, 0) is 31.5 Å². The minimum Gasteiger partial charge on any atom is -0.487 e. The Hall–Kier alpha value is -1.65. The highest BCUT2D eigenvalue weighted by Gasteiger charge is 2.62. The Balaban J connectivity index is 1.93. The second-order valence-electron chi connectivity index (χ2n) is 5.37. The standard InChI is InChI=1S/C14H15F2NO2/c1-8-3-4-11-12(5-8)19-9(2)7-17(11)13(18)10-6-14(10,15)16/h3-5,9-10H,6-7H2,1-2H3. The lowest BCUT2D eigenvalue weighted by molar-refractivity contribution is -0.122. The molecule has 0 aromatic heterocycles. The van der Waals surface area contributed by atoms with E-state index in [4.69, 9.17) is 4.74 Å². The second kappa shape index (κ2) is 3.92. The minimum absolute atomic E-state index is 0.189. The first kappa shape index (κ1) is 12.4. The molecule has 3 rings (SSSR count). The fraction of sp³-hybridized carbons (Fsp3) is 0.500. The van der Waals surface area contributed by atoms with Crippen LogP contribution in [-0.4, -0.2) is 24.5 Å². The predicted octanol–water partition coefficient (Wildman–Crippen LogP) is 2.76. The van der Waals surface area contributed by atoms with Crippen LogP contribution in [0.25, 0.3) is 0 Å². The van der Waals surface area contributed by atoms with Crippen molar-refractivity contribution in [3.05, 3.63) is 23.8 Å². The molecule has 1 aliphatic heterocycles. The van der Waals surface area contributed by atoms with Crippen molar-refractivity contribution >= 4 is 11.6 Å². The van der Waals surface area contributed by atoms with Crippen LogP contribution < -0.4 is 9.64 Å². The van der Waals surface area contributed by atoms with Crippen LogP contribution in [0.4, 0.5) is 14.5 Å². The molecule has 0 saturated heterocycles. The number of hydrogen-bond donors (Lipinski definition) is 0. The molecule has 102 valence electrons. The molecule has 0 bridgehead atoms. The third kappa shape index (κ3) is 2.07. The zero-order valence-corrected chi connectivity index (χ0v) is 10.8. The Bertz CT molecular complexity index is 544. The number of ether oxygens (including phenoxy) is 1. The normalized spacial score (nSPS) is 27.5. The van der Waals surface area contributed by atoms with Crippen molar-refractivity contribution in [3.63, 3.8) is 0 Å². The van der Waals surface area contributed by atoms with Gasteiger partial charge in [-0.15, -0.1) is 0 Å². The van der Waals surface area contributed by atoms with Crippen molar-refractivity contribution in [3.8, 4) is 5.75 Å². The van der Waals surface area contributed by atoms with E-state index in [0.29, 0.717) is 18.0 Å². The fourth-order valence-electron chi connectivity index (χ4n) is 2.43. The van der Waals surface area contributed by atoms with Crippen LogP contribution in [0.15, 0.2) is 18.2 Å². The van der Waals surface area contributed by atoms with Gasteiger partial charge in [0.1, 0.15) is 17.8 Å². The Morgan fingerprint density at radius 3 is 2.79 bits per heavy atom. The number of alkyl halides is 2. The van der Waals surface area contributed by atoms with Gasteiger partial charge >= 0.3 is 0 Å². The molecule has 3 nitrogen and oxygen atoms in total. The molecule has 1 aliphatic carbocycles. The van der Waals surface area contributed by atoms with E-state index in [1.165, 1.54) is 4.90 Å². The monoisotopic (exact) mass is 267 g/mol. The summed E-state index contributed by atoms with van der Waals surface area (Å²) in [6, 6.07) is 5.44. The van der Waals surface area contributed by atoms with Gasteiger partial charge in [0.25, 0.3) is 5.92 Å². The van der Waals surface area contributed by atoms with Crippen LogP contribution in [0.1, 0.15) is 18.9 Å². The predicted molar refractivity (Wildman–Crippen MR) is 66.7 cm³/mol. The maximum absolute atomic E-state index is 13.1. The van der Waals surface area contributed by atoms with Gasteiger partial charge in [-0.25, -0.2) is 8.78 Å². The lowest BCUT2D eigenvalue weighted by atomic mass is 10.1. The lowest BCUT2D eigenvalue weighted by Gasteiger charge is -2.33. The van der Waals surface area contributed by atoms with Gasteiger partial charge in [0, 0.05) is 6.42 Å². The number of benzene rings is 1. The number of aryl methyl sites for hydroxylation is 1. The third-order valence-corrected chi connectivity index (χ3v) is 3.56. The summed E-state index contributed by atoms with van der Waals surface area (Å²) in [5, 5.41) is 0. The molecule has 1 saturated carbocycles. The first-order chi connectivity index (χ1) is 8.88. The number of amides is 1. The van der Waals surface area contributed by atoms with E-state index >= 15 is 0 Å². The average Bonchev–Trinajstić information content (AvgIpc) is 2.96. The van der Waals surface area contributed by atoms with Gasteiger partial charge in [0.2, 0.25) is 5.91 Å². The number of fused-ring (bicyclic) bond motifs is 1. The maximum Gasteiger partial charge on any atom is 0.260 e. The summed E-state index contributed by atoms with van der Waals surface area (Å²) in [4.78, 5) is 13.6. The molecule has 1 heterocycles. The SMILES string of the molecule is Cc1ccc2c(c1)OC(C)CN2C(=O)C1CC1(F)F. The quantitative estimate of drug-likeness (QED) is 0.783. The summed E-state index contributed by atoms with van der Waals surface area (Å²) in [7, 11) is 0. The molecule has 2 unspecified atom stereocenters. The van der Waals surface area contributed by atoms with E-state index < -0.39 is 17.7 Å². The summed E-state index contributed by atoms with van der Waals surface area (Å²) in [5.41, 5.74) is 1.61. The van der Waals surface area contributed by atoms with E-state index in [0.717, 1.165) is 5.56 Å². The van der Waals surface area contributed by atoms with Crippen LogP contribution in [0.3, 0.4) is 0 Å². The minimum atomic E-state index is -2.83. The van der Waals surface area contributed by atoms with Crippen LogP contribution >= 0.6 is 0 Å². The molecular formula is C14H15F2NO2. The molecule has 2 atom stereocenters. The van der Waals surface area contributed by atoms with Crippen molar-refractivity contribution in [2.24, 2.45) is 5.92 Å². The molecule has 0 spiro atoms. The zero-order chi connectivity index (χ0) is 13.8. The Morgan fingerprint density at radius 1 is 1.47 bits per heavy atom. The van der Waals surface area contributed by atoms with Crippen LogP contribution in [0.2, 0.25) is 0 Å². The molecular weight excluding hydrogens is 252 g/mol. The molecule has 1 aromatic rings. The van der Waals surface area contributed by atoms with Gasteiger partial charge < -0.3 is 9.64 Å². The first-order valence-corrected chi connectivity index (χ1v) is 6.35. The van der Waals surface area contributed by atoms with Gasteiger partial charge in [0.05, 0.1) is 12.2 Å². The van der Waals surface area contributed by atoms with Crippen LogP contribution in [0, 0.1) is 12.8 Å². The number of carbonyl (C=O) groups excluding carboxylic acids is 1. The van der Waals surface area contributed by atoms with E-state index in [1.807, 2.05) is 26.0 Å². The highest BCUT2D eigenvalue weighted by molar-refractivity contribution is 5.99. The van der Waals surface area contributed by atoms with Crippen molar-refractivity contribution in [2.75, 3.05) is 11.4 Å². The first-order valence-electron chi connectivity index (χ1n) is 6.35. The molecule has 1 aromatic carbocycles. The van der Waals surface area contributed by atoms with Gasteiger partial charge in [-0.3, -0.25) is 4.79 Å². The zero-order valence-electron chi connectivity index (χ0n) is 10.8. The molecule has 0 N–H and O–H groups in total. The second-order valence-corrected chi connectivity index (χ2v) is 5.37. The number of carbonyl (C=O) groups is 1. The number of rotatable bonds is 1. The third-order valence-electron chi connectivity index (χ3n) is 3.56. The number of halogens is 2. The van der Waals surface area contributed by atoms with Crippen LogP contribution in [0.5, 0.6) is 5.75 Å². The molecule has 0 radical (unpaired) electrons. The smallest absolute Gasteiger partial charge is 0.260 e. The summed E-state index contributed by atoms with van der Waals surface area (Å²) >= 11 is 0. The van der Waals surface area contributed by atoms with Crippen LogP contribution in [-0.2, 0) is 4.79 Å². The van der Waals surface area contributed by atoms with Crippen molar-refractivity contribution in [1.29, 1.82) is 0 Å². The van der Waals surface area contributed by atoms with E-state index in [2.05, 4.69) is 0 Å². The van der Waals surface area contributed by atoms with Crippen molar-refractivity contribution in [2.45, 2.75) is 32.3 Å². The van der Waals surface area contributed by atoms with Crippen molar-refractivity contribution < 1.29 is 18.3 Å². The topological polar surface area (TPSA) is 29.5 Å². The molecule has 2 aliphatic rings. The molecule has 19 heavy (non-hydrogen) atoms. The summed E-state index contributed by atoms with van der Waals surface area (Å²) in [6.45, 7) is 4.07. The van der Waals surface area contributed by atoms with Gasteiger partial charge in [-0.2, -0.15) is 0 Å². The highest BCUT2D eigenvalue weighted by atomic mass is 19.3. The van der Waals surface area contributed by atoms with E-state index in [1.54, 1.807) is 6.07 Å². The Kier molecular flexibility index (Phi) is 2.56. The largest absolute Gasteiger partial charge is 0.487 e. The maximum atomic E-state index is 13.1. The number of anilines is 1. The number of nitrogens with zero attached hydrogens (tertiary/aromatic N) is 1. The summed E-state index contributed by atoms with van der Waals surface area (Å²) in [6.07, 6.45) is -0.524. The lowest BCUT2D eigenvalue weighted by Crippen LogP contribution is -2.43. The van der Waals surface area contributed by atoms with E-state index in [9.17, 15) is 13.6 Å². The summed E-state index contributed by atoms with van der Waals surface area (Å²) < 4.78 is 31.8. The molecule has 5 heteroatoms. The fourth-order valence-corrected chi connectivity index (χ4v) is 2.43. The number of hydrogen-bond acceptors (Lipinski definition) is 2. The van der Waals surface area contributed by atoms with Gasteiger partial charge in [-0.1, -0.05) is 6.07 Å². The molecule has 1 fully saturated rings. The Labute approximate surface area is 110 Å². The van der Waals surface area contributed by atoms with E-state index in [-0.39, 0.29) is 12.5 Å². The van der Waals surface area contributed by atoms with Crippen molar-refractivity contribution in [1.82, 2.24) is 0 Å².